The predicted octanol–water partition coefficient (Wildman–Crippen LogP) is 5.07. The first-order valence-corrected chi connectivity index (χ1v) is 6.71. The summed E-state index contributed by atoms with van der Waals surface area (Å²) in [7, 11) is 0. The molecule has 0 unspecified atom stereocenters. The van der Waals surface area contributed by atoms with E-state index in [9.17, 15) is 0 Å². The summed E-state index contributed by atoms with van der Waals surface area (Å²) in [5, 5.41) is 0. The minimum atomic E-state index is 1.08. The first-order chi connectivity index (χ1) is 8.85. The molecular weight excluding hydrogens is 216 g/mol. The van der Waals surface area contributed by atoms with Gasteiger partial charge in [-0.2, -0.15) is 0 Å². The van der Waals surface area contributed by atoms with Crippen LogP contribution in [0.4, 0.5) is 0 Å². The minimum absolute atomic E-state index is 1.08. The van der Waals surface area contributed by atoms with Crippen LogP contribution in [0, 0.1) is 0 Å². The first kappa shape index (κ1) is 11.3. The second kappa shape index (κ2) is 4.45. The molecule has 0 amide bonds. The van der Waals surface area contributed by atoms with Gasteiger partial charge in [0.1, 0.15) is 0 Å². The average molecular weight is 234 g/mol. The lowest BCUT2D eigenvalue weighted by Crippen LogP contribution is -1.91. The van der Waals surface area contributed by atoms with E-state index in [1.54, 1.807) is 0 Å². The van der Waals surface area contributed by atoms with Crippen molar-refractivity contribution in [1.82, 2.24) is 0 Å². The van der Waals surface area contributed by atoms with Crippen LogP contribution in [0.2, 0.25) is 0 Å². The minimum Gasteiger partial charge on any atom is -0.0838 e. The molecule has 0 nitrogen and oxygen atoms in total. The van der Waals surface area contributed by atoms with Crippen molar-refractivity contribution in [1.29, 1.82) is 0 Å². The van der Waals surface area contributed by atoms with Crippen LogP contribution in [-0.2, 0) is 6.42 Å². The molecule has 2 aromatic carbocycles. The third kappa shape index (κ3) is 1.60. The Kier molecular flexibility index (Phi) is 2.79. The third-order valence-corrected chi connectivity index (χ3v) is 3.93. The Labute approximate surface area is 109 Å². The van der Waals surface area contributed by atoms with Gasteiger partial charge in [0.05, 0.1) is 0 Å². The Morgan fingerprint density at radius 3 is 2.61 bits per heavy atom. The van der Waals surface area contributed by atoms with Crippen LogP contribution >= 0.6 is 0 Å². The highest BCUT2D eigenvalue weighted by atomic mass is 14.2. The van der Waals surface area contributed by atoms with E-state index in [0.29, 0.717) is 0 Å². The number of allylic oxidation sites excluding steroid dienone is 2. The summed E-state index contributed by atoms with van der Waals surface area (Å²) in [6.07, 6.45) is 4.43. The number of rotatable bonds is 2. The number of hydrogen-bond acceptors (Lipinski definition) is 0. The number of hydrogen-bond donors (Lipinski definition) is 0. The van der Waals surface area contributed by atoms with E-state index in [4.69, 9.17) is 0 Å². The zero-order chi connectivity index (χ0) is 12.5. The lowest BCUT2D eigenvalue weighted by Gasteiger charge is -2.10. The van der Waals surface area contributed by atoms with E-state index < -0.39 is 0 Å². The summed E-state index contributed by atoms with van der Waals surface area (Å²) in [6.45, 7) is 4.37. The fourth-order valence-electron chi connectivity index (χ4n) is 3.01. The fourth-order valence-corrected chi connectivity index (χ4v) is 3.01. The molecule has 0 bridgehead atoms. The molecule has 1 aliphatic carbocycles. The van der Waals surface area contributed by atoms with Crippen LogP contribution in [-0.4, -0.2) is 0 Å². The van der Waals surface area contributed by atoms with Crippen molar-refractivity contribution >= 4 is 5.57 Å². The lowest BCUT2D eigenvalue weighted by atomic mass is 9.94. The standard InChI is InChI=1S/C18H18/c1-3-13(4-2)15-10-7-11-17-16-9-6-5-8-14(16)12-18(15)17/h3,5-11H,4,12H2,1-2H3. The molecule has 0 atom stereocenters. The quantitative estimate of drug-likeness (QED) is 0.580. The summed E-state index contributed by atoms with van der Waals surface area (Å²) >= 11 is 0. The normalized spacial score (nSPS) is 13.3. The van der Waals surface area contributed by atoms with Gasteiger partial charge < -0.3 is 0 Å². The van der Waals surface area contributed by atoms with Gasteiger partial charge in [-0.15, -0.1) is 0 Å². The molecule has 0 fully saturated rings. The average Bonchev–Trinajstić information content (AvgIpc) is 2.80. The molecule has 90 valence electrons. The summed E-state index contributed by atoms with van der Waals surface area (Å²) in [6, 6.07) is 15.5. The molecule has 0 saturated carbocycles. The topological polar surface area (TPSA) is 0 Å². The zero-order valence-electron chi connectivity index (χ0n) is 11.0. The molecular formula is C18H18. The van der Waals surface area contributed by atoms with Crippen molar-refractivity contribution in [3.05, 3.63) is 65.2 Å². The molecule has 0 saturated heterocycles. The zero-order valence-corrected chi connectivity index (χ0v) is 11.0. The molecule has 0 heterocycles. The van der Waals surface area contributed by atoms with Crippen LogP contribution in [0.25, 0.3) is 16.7 Å². The maximum Gasteiger partial charge on any atom is -0.000740 e. The van der Waals surface area contributed by atoms with Crippen LogP contribution < -0.4 is 0 Å². The molecule has 1 aliphatic rings. The SMILES string of the molecule is CC=C(CC)c1cccc2c1Cc1ccccc1-2. The molecule has 0 aliphatic heterocycles. The summed E-state index contributed by atoms with van der Waals surface area (Å²) in [5.41, 5.74) is 8.71. The van der Waals surface area contributed by atoms with Crippen molar-refractivity contribution in [3.63, 3.8) is 0 Å². The lowest BCUT2D eigenvalue weighted by molar-refractivity contribution is 1.19. The van der Waals surface area contributed by atoms with E-state index in [1.807, 2.05) is 0 Å². The molecule has 0 N–H and O–H groups in total. The van der Waals surface area contributed by atoms with Crippen molar-refractivity contribution in [2.24, 2.45) is 0 Å². The maximum atomic E-state index is 2.27. The second-order valence-corrected chi connectivity index (χ2v) is 4.83. The molecule has 18 heavy (non-hydrogen) atoms. The van der Waals surface area contributed by atoms with E-state index in [-0.39, 0.29) is 0 Å². The molecule has 0 spiro atoms. The van der Waals surface area contributed by atoms with Gasteiger partial charge in [0.2, 0.25) is 0 Å². The molecule has 0 radical (unpaired) electrons. The second-order valence-electron chi connectivity index (χ2n) is 4.83. The fraction of sp³-hybridized carbons (Fsp3) is 0.222. The van der Waals surface area contributed by atoms with Crippen LogP contribution in [0.3, 0.4) is 0 Å². The van der Waals surface area contributed by atoms with Gasteiger partial charge in [-0.1, -0.05) is 55.5 Å². The Morgan fingerprint density at radius 1 is 1.06 bits per heavy atom. The molecule has 2 aromatic rings. The van der Waals surface area contributed by atoms with Gasteiger partial charge in [0.15, 0.2) is 0 Å². The van der Waals surface area contributed by atoms with Crippen LogP contribution in [0.5, 0.6) is 0 Å². The largest absolute Gasteiger partial charge is 0.0838 e. The monoisotopic (exact) mass is 234 g/mol. The van der Waals surface area contributed by atoms with Gasteiger partial charge >= 0.3 is 0 Å². The summed E-state index contributed by atoms with van der Waals surface area (Å²) in [5.74, 6) is 0. The van der Waals surface area contributed by atoms with E-state index in [0.717, 1.165) is 12.8 Å². The highest BCUT2D eigenvalue weighted by molar-refractivity contribution is 5.83. The molecule has 3 rings (SSSR count). The Bertz CT molecular complexity index is 618. The van der Waals surface area contributed by atoms with Gasteiger partial charge in [-0.25, -0.2) is 0 Å². The van der Waals surface area contributed by atoms with E-state index >= 15 is 0 Å². The van der Waals surface area contributed by atoms with Crippen molar-refractivity contribution < 1.29 is 0 Å². The Balaban J connectivity index is 2.20. The predicted molar refractivity (Wildman–Crippen MR) is 78.6 cm³/mol. The molecule has 0 aromatic heterocycles. The van der Waals surface area contributed by atoms with E-state index in [2.05, 4.69) is 62.4 Å². The van der Waals surface area contributed by atoms with E-state index in [1.165, 1.54) is 33.4 Å². The smallest absolute Gasteiger partial charge is 0.000740 e. The summed E-state index contributed by atoms with van der Waals surface area (Å²) in [4.78, 5) is 0. The Hall–Kier alpha value is -1.82. The van der Waals surface area contributed by atoms with Gasteiger partial charge in [0.25, 0.3) is 0 Å². The highest BCUT2D eigenvalue weighted by Crippen LogP contribution is 2.40. The van der Waals surface area contributed by atoms with Gasteiger partial charge in [0, 0.05) is 0 Å². The molecule has 0 heteroatoms. The summed E-state index contributed by atoms with van der Waals surface area (Å²) < 4.78 is 0. The van der Waals surface area contributed by atoms with Gasteiger partial charge in [-0.05, 0) is 53.2 Å². The van der Waals surface area contributed by atoms with Crippen molar-refractivity contribution in [2.75, 3.05) is 0 Å². The van der Waals surface area contributed by atoms with Gasteiger partial charge in [-0.3, -0.25) is 0 Å². The maximum absolute atomic E-state index is 2.27. The van der Waals surface area contributed by atoms with Crippen molar-refractivity contribution in [2.45, 2.75) is 26.7 Å². The highest BCUT2D eigenvalue weighted by Gasteiger charge is 2.20. The number of benzene rings is 2. The third-order valence-electron chi connectivity index (χ3n) is 3.93. The van der Waals surface area contributed by atoms with Crippen LogP contribution in [0.1, 0.15) is 37.0 Å². The first-order valence-electron chi connectivity index (χ1n) is 6.71. The van der Waals surface area contributed by atoms with Crippen LogP contribution in [0.15, 0.2) is 48.5 Å². The Morgan fingerprint density at radius 2 is 1.83 bits per heavy atom. The number of fused-ring (bicyclic) bond motifs is 3. The van der Waals surface area contributed by atoms with Crippen molar-refractivity contribution in [3.8, 4) is 11.1 Å².